The summed E-state index contributed by atoms with van der Waals surface area (Å²) in [5.74, 6) is 0.284. The van der Waals surface area contributed by atoms with Crippen LogP contribution >= 0.6 is 11.3 Å². The molecule has 3 N–H and O–H groups in total. The van der Waals surface area contributed by atoms with Crippen molar-refractivity contribution < 1.29 is 4.79 Å². The van der Waals surface area contributed by atoms with Crippen molar-refractivity contribution in [1.29, 1.82) is 0 Å². The quantitative estimate of drug-likeness (QED) is 0.844. The minimum Gasteiger partial charge on any atom is -0.335 e. The lowest BCUT2D eigenvalue weighted by atomic mass is 9.93. The Balaban J connectivity index is 1.68. The van der Waals surface area contributed by atoms with Gasteiger partial charge in [0.05, 0.1) is 0 Å². The predicted octanol–water partition coefficient (Wildman–Crippen LogP) is 1.96. The average Bonchev–Trinajstić information content (AvgIpc) is 2.95. The topological polar surface area (TPSA) is 58.4 Å². The summed E-state index contributed by atoms with van der Waals surface area (Å²) in [6.45, 7) is 3.56. The number of nitrogens with two attached hydrogens (primary N) is 1. The summed E-state index contributed by atoms with van der Waals surface area (Å²) in [6, 6.07) is 2.58. The Morgan fingerprint density at radius 2 is 2.29 bits per heavy atom. The number of hydrogen-bond donors (Lipinski definition) is 2. The number of carbonyl (C=O) groups excluding carboxylic acids is 1. The Morgan fingerprint density at radius 1 is 1.48 bits per heavy atom. The van der Waals surface area contributed by atoms with E-state index >= 15 is 0 Å². The first-order valence-electron chi connectivity index (χ1n) is 7.96. The first-order chi connectivity index (χ1) is 10.2. The third-order valence-corrected chi connectivity index (χ3v) is 5.70. The Morgan fingerprint density at radius 3 is 2.95 bits per heavy atom. The average molecular weight is 307 g/mol. The normalized spacial score (nSPS) is 23.2. The molecule has 2 heterocycles. The number of carbonyl (C=O) groups is 1. The van der Waals surface area contributed by atoms with Gasteiger partial charge in [-0.2, -0.15) is 11.3 Å². The monoisotopic (exact) mass is 307 g/mol. The molecule has 1 saturated carbocycles. The van der Waals surface area contributed by atoms with E-state index in [9.17, 15) is 4.79 Å². The van der Waals surface area contributed by atoms with E-state index in [1.54, 1.807) is 11.3 Å². The lowest BCUT2D eigenvalue weighted by molar-refractivity contribution is -0.133. The van der Waals surface area contributed by atoms with Crippen molar-refractivity contribution in [3.63, 3.8) is 0 Å². The minimum atomic E-state index is 0.284. The van der Waals surface area contributed by atoms with Crippen molar-refractivity contribution in [3.05, 3.63) is 22.4 Å². The summed E-state index contributed by atoms with van der Waals surface area (Å²) in [5, 5.41) is 7.67. The minimum absolute atomic E-state index is 0.284. The SMILES string of the molecule is NCCCC(=O)N(Cc1ccsc1)C1CC12CCNCC2. The lowest BCUT2D eigenvalue weighted by Crippen LogP contribution is -2.39. The van der Waals surface area contributed by atoms with E-state index in [2.05, 4.69) is 27.0 Å². The molecule has 1 saturated heterocycles. The number of amides is 1. The number of hydrogen-bond acceptors (Lipinski definition) is 4. The van der Waals surface area contributed by atoms with Crippen molar-refractivity contribution in [2.24, 2.45) is 11.1 Å². The highest BCUT2D eigenvalue weighted by Gasteiger charge is 2.57. The Kier molecular flexibility index (Phi) is 4.62. The fourth-order valence-electron chi connectivity index (χ4n) is 3.58. The van der Waals surface area contributed by atoms with E-state index in [1.807, 2.05) is 0 Å². The summed E-state index contributed by atoms with van der Waals surface area (Å²) < 4.78 is 0. The fourth-order valence-corrected chi connectivity index (χ4v) is 4.24. The van der Waals surface area contributed by atoms with Crippen LogP contribution in [0.5, 0.6) is 0 Å². The molecule has 0 radical (unpaired) electrons. The van der Waals surface area contributed by atoms with Crippen LogP contribution in [0.25, 0.3) is 0 Å². The molecule has 1 aromatic heterocycles. The van der Waals surface area contributed by atoms with Gasteiger partial charge in [-0.05, 0) is 73.1 Å². The van der Waals surface area contributed by atoms with Gasteiger partial charge in [0.15, 0.2) is 0 Å². The zero-order valence-corrected chi connectivity index (χ0v) is 13.3. The van der Waals surface area contributed by atoms with Crippen LogP contribution in [0.4, 0.5) is 0 Å². The summed E-state index contributed by atoms with van der Waals surface area (Å²) in [6.07, 6.45) is 4.99. The molecule has 116 valence electrons. The van der Waals surface area contributed by atoms with Crippen molar-refractivity contribution in [2.45, 2.75) is 44.7 Å². The van der Waals surface area contributed by atoms with Gasteiger partial charge in [-0.3, -0.25) is 4.79 Å². The molecule has 2 fully saturated rings. The molecule has 5 heteroatoms. The van der Waals surface area contributed by atoms with Crippen LogP contribution in [0.15, 0.2) is 16.8 Å². The van der Waals surface area contributed by atoms with Gasteiger partial charge in [-0.1, -0.05) is 0 Å². The van der Waals surface area contributed by atoms with E-state index in [1.165, 1.54) is 24.8 Å². The van der Waals surface area contributed by atoms with Gasteiger partial charge >= 0.3 is 0 Å². The molecule has 1 unspecified atom stereocenters. The third kappa shape index (κ3) is 3.30. The molecule has 2 aliphatic rings. The maximum Gasteiger partial charge on any atom is 0.223 e. The van der Waals surface area contributed by atoms with E-state index in [0.29, 0.717) is 24.4 Å². The van der Waals surface area contributed by atoms with Crippen LogP contribution in [0.3, 0.4) is 0 Å². The van der Waals surface area contributed by atoms with E-state index in [4.69, 9.17) is 5.73 Å². The summed E-state index contributed by atoms with van der Waals surface area (Å²) in [7, 11) is 0. The number of nitrogens with zero attached hydrogens (tertiary/aromatic N) is 1. The predicted molar refractivity (Wildman–Crippen MR) is 86.1 cm³/mol. The molecule has 3 rings (SSSR count). The van der Waals surface area contributed by atoms with Crippen molar-refractivity contribution in [3.8, 4) is 0 Å². The highest BCUT2D eigenvalue weighted by molar-refractivity contribution is 7.07. The summed E-state index contributed by atoms with van der Waals surface area (Å²) in [4.78, 5) is 14.7. The molecule has 1 aliphatic heterocycles. The lowest BCUT2D eigenvalue weighted by Gasteiger charge is -2.29. The van der Waals surface area contributed by atoms with E-state index in [-0.39, 0.29) is 5.91 Å². The molecule has 1 aromatic rings. The van der Waals surface area contributed by atoms with Crippen LogP contribution in [-0.2, 0) is 11.3 Å². The second-order valence-electron chi connectivity index (χ2n) is 6.38. The van der Waals surface area contributed by atoms with Crippen molar-refractivity contribution in [2.75, 3.05) is 19.6 Å². The van der Waals surface area contributed by atoms with Gasteiger partial charge in [0.2, 0.25) is 5.91 Å². The van der Waals surface area contributed by atoms with Crippen molar-refractivity contribution >= 4 is 17.2 Å². The molecular weight excluding hydrogens is 282 g/mol. The first kappa shape index (κ1) is 15.0. The first-order valence-corrected chi connectivity index (χ1v) is 8.91. The third-order valence-electron chi connectivity index (χ3n) is 4.97. The second kappa shape index (κ2) is 6.46. The number of piperidine rings is 1. The molecule has 0 aromatic carbocycles. The number of nitrogens with one attached hydrogen (secondary N) is 1. The fraction of sp³-hybridized carbons (Fsp3) is 0.688. The Labute approximate surface area is 130 Å². The molecule has 1 atom stereocenters. The van der Waals surface area contributed by atoms with Crippen LogP contribution in [0.1, 0.15) is 37.7 Å². The van der Waals surface area contributed by atoms with Gasteiger partial charge in [0, 0.05) is 19.0 Å². The number of thiophene rings is 1. The van der Waals surface area contributed by atoms with Gasteiger partial charge in [0.25, 0.3) is 0 Å². The maximum atomic E-state index is 12.6. The van der Waals surface area contributed by atoms with Crippen LogP contribution in [0.2, 0.25) is 0 Å². The summed E-state index contributed by atoms with van der Waals surface area (Å²) >= 11 is 1.70. The van der Waals surface area contributed by atoms with Crippen LogP contribution in [0, 0.1) is 5.41 Å². The van der Waals surface area contributed by atoms with E-state index < -0.39 is 0 Å². The van der Waals surface area contributed by atoms with E-state index in [0.717, 1.165) is 26.1 Å². The van der Waals surface area contributed by atoms with Crippen LogP contribution in [-0.4, -0.2) is 36.5 Å². The molecule has 4 nitrogen and oxygen atoms in total. The highest BCUT2D eigenvalue weighted by Crippen LogP contribution is 2.56. The summed E-state index contributed by atoms with van der Waals surface area (Å²) in [5.41, 5.74) is 7.23. The maximum absolute atomic E-state index is 12.6. The zero-order chi connectivity index (χ0) is 14.7. The molecule has 0 bridgehead atoms. The smallest absolute Gasteiger partial charge is 0.223 e. The Hall–Kier alpha value is -0.910. The van der Waals surface area contributed by atoms with Gasteiger partial charge in [0.1, 0.15) is 0 Å². The molecule has 1 aliphatic carbocycles. The standard InChI is InChI=1S/C16H25N3OS/c17-6-1-2-15(20)19(11-13-3-9-21-12-13)14-10-16(14)4-7-18-8-5-16/h3,9,12,14,18H,1-2,4-8,10-11,17H2. The number of rotatable bonds is 6. The van der Waals surface area contributed by atoms with Crippen molar-refractivity contribution in [1.82, 2.24) is 10.2 Å². The second-order valence-corrected chi connectivity index (χ2v) is 7.16. The van der Waals surface area contributed by atoms with Crippen LogP contribution < -0.4 is 11.1 Å². The molecule has 1 amide bonds. The highest BCUT2D eigenvalue weighted by atomic mass is 32.1. The molecule has 1 spiro atoms. The van der Waals surface area contributed by atoms with Gasteiger partial charge in [-0.25, -0.2) is 0 Å². The van der Waals surface area contributed by atoms with Gasteiger partial charge in [-0.15, -0.1) is 0 Å². The molecular formula is C16H25N3OS. The zero-order valence-electron chi connectivity index (χ0n) is 12.5. The molecule has 21 heavy (non-hydrogen) atoms. The Bertz CT molecular complexity index is 468. The largest absolute Gasteiger partial charge is 0.335 e. The van der Waals surface area contributed by atoms with Gasteiger partial charge < -0.3 is 16.0 Å².